The van der Waals surface area contributed by atoms with Crippen molar-refractivity contribution in [1.82, 2.24) is 0 Å². The maximum Gasteiger partial charge on any atom is 0.0624 e. The van der Waals surface area contributed by atoms with Crippen LogP contribution < -0.4 is 0 Å². The van der Waals surface area contributed by atoms with Gasteiger partial charge in [0.05, 0.1) is 10.0 Å². The molecule has 0 aromatic heterocycles. The number of alkyl halides is 1. The Morgan fingerprint density at radius 2 is 2.00 bits per heavy atom. The molecule has 0 fully saturated rings. The number of rotatable bonds is 3. The van der Waals surface area contributed by atoms with Gasteiger partial charge in [0, 0.05) is 5.88 Å². The molecule has 0 radical (unpaired) electrons. The molecule has 1 unspecified atom stereocenters. The van der Waals surface area contributed by atoms with Gasteiger partial charge in [-0.3, -0.25) is 0 Å². The van der Waals surface area contributed by atoms with E-state index in [2.05, 4.69) is 6.92 Å². The normalized spacial score (nSPS) is 12.9. The van der Waals surface area contributed by atoms with Crippen LogP contribution in [0.15, 0.2) is 18.2 Å². The first-order valence-corrected chi connectivity index (χ1v) is 5.43. The van der Waals surface area contributed by atoms with Crippen LogP contribution in [0.25, 0.3) is 0 Å². The number of hydrogen-bond donors (Lipinski definition) is 0. The molecule has 0 heterocycles. The van der Waals surface area contributed by atoms with E-state index in [1.807, 2.05) is 12.1 Å². The van der Waals surface area contributed by atoms with Gasteiger partial charge >= 0.3 is 0 Å². The molecular formula is C10H11Cl3. The minimum Gasteiger partial charge on any atom is -0.126 e. The van der Waals surface area contributed by atoms with Crippen molar-refractivity contribution < 1.29 is 0 Å². The predicted molar refractivity (Wildman–Crippen MR) is 60.1 cm³/mol. The van der Waals surface area contributed by atoms with Crippen molar-refractivity contribution in [3.63, 3.8) is 0 Å². The topological polar surface area (TPSA) is 0 Å². The first-order valence-electron chi connectivity index (χ1n) is 4.14. The van der Waals surface area contributed by atoms with Gasteiger partial charge in [0.1, 0.15) is 0 Å². The molecular weight excluding hydrogens is 226 g/mol. The lowest BCUT2D eigenvalue weighted by atomic mass is 10.0. The Bertz CT molecular complexity index is 283. The summed E-state index contributed by atoms with van der Waals surface area (Å²) < 4.78 is 0. The van der Waals surface area contributed by atoms with Crippen LogP contribution in [0, 0.1) is 5.92 Å². The van der Waals surface area contributed by atoms with Crippen molar-refractivity contribution in [2.75, 3.05) is 5.88 Å². The molecule has 0 N–H and O–H groups in total. The highest BCUT2D eigenvalue weighted by molar-refractivity contribution is 6.42. The second-order valence-corrected chi connectivity index (χ2v) is 4.27. The Labute approximate surface area is 93.8 Å². The Morgan fingerprint density at radius 3 is 2.62 bits per heavy atom. The van der Waals surface area contributed by atoms with Gasteiger partial charge in [-0.2, -0.15) is 0 Å². The third-order valence-electron chi connectivity index (χ3n) is 1.86. The number of hydrogen-bond acceptors (Lipinski definition) is 0. The lowest BCUT2D eigenvalue weighted by Gasteiger charge is -2.09. The van der Waals surface area contributed by atoms with Gasteiger partial charge in [-0.05, 0) is 24.0 Å². The second kappa shape index (κ2) is 5.09. The van der Waals surface area contributed by atoms with Crippen LogP contribution in [0.1, 0.15) is 12.5 Å². The Kier molecular flexibility index (Phi) is 4.37. The monoisotopic (exact) mass is 236 g/mol. The smallest absolute Gasteiger partial charge is 0.0624 e. The van der Waals surface area contributed by atoms with Crippen molar-refractivity contribution in [2.45, 2.75) is 13.3 Å². The first-order chi connectivity index (χ1) is 6.15. The van der Waals surface area contributed by atoms with E-state index in [0.717, 1.165) is 12.0 Å². The molecule has 0 aliphatic heterocycles. The maximum atomic E-state index is 6.02. The third kappa shape index (κ3) is 3.05. The van der Waals surface area contributed by atoms with E-state index in [1.165, 1.54) is 0 Å². The molecule has 3 heteroatoms. The highest BCUT2D eigenvalue weighted by atomic mass is 35.5. The molecule has 72 valence electrons. The summed E-state index contributed by atoms with van der Waals surface area (Å²) in [4.78, 5) is 0. The van der Waals surface area contributed by atoms with Crippen molar-refractivity contribution in [1.29, 1.82) is 0 Å². The second-order valence-electron chi connectivity index (χ2n) is 3.18. The third-order valence-corrected chi connectivity index (χ3v) is 3.25. The summed E-state index contributed by atoms with van der Waals surface area (Å²) in [5.74, 6) is 1.07. The summed E-state index contributed by atoms with van der Waals surface area (Å²) in [7, 11) is 0. The molecule has 0 saturated heterocycles. The van der Waals surface area contributed by atoms with Crippen LogP contribution in [0.2, 0.25) is 10.0 Å². The summed E-state index contributed by atoms with van der Waals surface area (Å²) >= 11 is 17.6. The molecule has 0 aliphatic carbocycles. The van der Waals surface area contributed by atoms with Crippen LogP contribution in [0.3, 0.4) is 0 Å². The zero-order valence-corrected chi connectivity index (χ0v) is 9.63. The van der Waals surface area contributed by atoms with E-state index >= 15 is 0 Å². The van der Waals surface area contributed by atoms with Gasteiger partial charge in [-0.15, -0.1) is 11.6 Å². The fourth-order valence-corrected chi connectivity index (χ4v) is 1.64. The van der Waals surface area contributed by atoms with E-state index in [-0.39, 0.29) is 0 Å². The van der Waals surface area contributed by atoms with Gasteiger partial charge in [0.25, 0.3) is 0 Å². The summed E-state index contributed by atoms with van der Waals surface area (Å²) in [5.41, 5.74) is 1.07. The van der Waals surface area contributed by atoms with Crippen LogP contribution in [-0.4, -0.2) is 5.88 Å². The van der Waals surface area contributed by atoms with E-state index < -0.39 is 0 Å². The van der Waals surface area contributed by atoms with Gasteiger partial charge in [0.15, 0.2) is 0 Å². The van der Waals surface area contributed by atoms with Crippen molar-refractivity contribution in [3.05, 3.63) is 33.8 Å². The minimum absolute atomic E-state index is 0.428. The van der Waals surface area contributed by atoms with Gasteiger partial charge in [-0.1, -0.05) is 42.3 Å². The molecule has 0 aliphatic rings. The summed E-state index contributed by atoms with van der Waals surface area (Å²) in [6, 6.07) is 5.68. The van der Waals surface area contributed by atoms with E-state index in [0.29, 0.717) is 21.8 Å². The van der Waals surface area contributed by atoms with Crippen LogP contribution in [-0.2, 0) is 6.42 Å². The molecule has 1 atom stereocenters. The Balaban J connectivity index is 2.83. The van der Waals surface area contributed by atoms with Gasteiger partial charge < -0.3 is 0 Å². The lowest BCUT2D eigenvalue weighted by Crippen LogP contribution is -2.01. The fraction of sp³-hybridized carbons (Fsp3) is 0.400. The zero-order chi connectivity index (χ0) is 9.84. The molecule has 0 nitrogen and oxygen atoms in total. The summed E-state index contributed by atoms with van der Waals surface area (Å²) in [5, 5.41) is 1.27. The zero-order valence-electron chi connectivity index (χ0n) is 7.36. The predicted octanol–water partition coefficient (Wildman–Crippen LogP) is 4.41. The van der Waals surface area contributed by atoms with Crippen molar-refractivity contribution in [2.24, 2.45) is 5.92 Å². The van der Waals surface area contributed by atoms with Crippen LogP contribution in [0.4, 0.5) is 0 Å². The standard InChI is InChI=1S/C10H11Cl3/c1-7(6-11)5-8-3-2-4-9(12)10(8)13/h2-4,7H,5-6H2,1H3. The SMILES string of the molecule is CC(CCl)Cc1cccc(Cl)c1Cl. The average molecular weight is 238 g/mol. The first kappa shape index (κ1) is 11.2. The fourth-order valence-electron chi connectivity index (χ4n) is 1.14. The Hall–Kier alpha value is 0.0900. The molecule has 13 heavy (non-hydrogen) atoms. The minimum atomic E-state index is 0.428. The molecule has 0 amide bonds. The quantitative estimate of drug-likeness (QED) is 0.683. The largest absolute Gasteiger partial charge is 0.126 e. The Morgan fingerprint density at radius 1 is 1.31 bits per heavy atom. The van der Waals surface area contributed by atoms with Gasteiger partial charge in [0.2, 0.25) is 0 Å². The van der Waals surface area contributed by atoms with Gasteiger partial charge in [-0.25, -0.2) is 0 Å². The highest BCUT2D eigenvalue weighted by Crippen LogP contribution is 2.27. The maximum absolute atomic E-state index is 6.02. The van der Waals surface area contributed by atoms with Crippen LogP contribution in [0.5, 0.6) is 0 Å². The molecule has 0 saturated carbocycles. The van der Waals surface area contributed by atoms with E-state index in [1.54, 1.807) is 6.07 Å². The molecule has 1 rings (SSSR count). The van der Waals surface area contributed by atoms with Crippen molar-refractivity contribution in [3.8, 4) is 0 Å². The van der Waals surface area contributed by atoms with E-state index in [4.69, 9.17) is 34.8 Å². The molecule has 1 aromatic rings. The molecule has 1 aromatic carbocycles. The molecule has 0 bridgehead atoms. The highest BCUT2D eigenvalue weighted by Gasteiger charge is 2.07. The number of benzene rings is 1. The summed E-state index contributed by atoms with van der Waals surface area (Å²) in [6.07, 6.45) is 0.878. The van der Waals surface area contributed by atoms with Crippen LogP contribution >= 0.6 is 34.8 Å². The number of halogens is 3. The van der Waals surface area contributed by atoms with Crippen molar-refractivity contribution >= 4 is 34.8 Å². The average Bonchev–Trinajstić information content (AvgIpc) is 2.13. The lowest BCUT2D eigenvalue weighted by molar-refractivity contribution is 0.655. The van der Waals surface area contributed by atoms with E-state index in [9.17, 15) is 0 Å². The molecule has 0 spiro atoms. The summed E-state index contributed by atoms with van der Waals surface area (Å²) in [6.45, 7) is 2.09.